The van der Waals surface area contributed by atoms with Crippen molar-refractivity contribution in [2.24, 2.45) is 0 Å². The smallest absolute Gasteiger partial charge is 0.265 e. The van der Waals surface area contributed by atoms with Gasteiger partial charge in [0.2, 0.25) is 0 Å². The SMILES string of the molecule is COC1=CCC=C(n2cc(C(F)F)ccc2=O)C=C1. The molecule has 0 aromatic carbocycles. The fourth-order valence-corrected chi connectivity index (χ4v) is 1.76. The van der Waals surface area contributed by atoms with E-state index in [0.29, 0.717) is 17.9 Å². The zero-order chi connectivity index (χ0) is 13.8. The molecule has 0 radical (unpaired) electrons. The number of pyridine rings is 1. The normalized spacial score (nSPS) is 14.9. The molecule has 0 fully saturated rings. The van der Waals surface area contributed by atoms with Gasteiger partial charge in [0.15, 0.2) is 0 Å². The molecule has 0 unspecified atom stereocenters. The van der Waals surface area contributed by atoms with E-state index in [1.165, 1.54) is 10.8 Å². The van der Waals surface area contributed by atoms with Crippen LogP contribution in [0.15, 0.2) is 53.2 Å². The molecule has 0 spiro atoms. The summed E-state index contributed by atoms with van der Waals surface area (Å²) in [6.07, 6.45) is 6.11. The van der Waals surface area contributed by atoms with Gasteiger partial charge in [-0.2, -0.15) is 0 Å². The highest BCUT2D eigenvalue weighted by Gasteiger charge is 2.10. The summed E-state index contributed by atoms with van der Waals surface area (Å²) in [6, 6.07) is 2.29. The lowest BCUT2D eigenvalue weighted by Gasteiger charge is -2.08. The molecule has 1 aliphatic rings. The van der Waals surface area contributed by atoms with E-state index in [0.717, 1.165) is 12.1 Å². The van der Waals surface area contributed by atoms with Crippen LogP contribution in [0.25, 0.3) is 5.70 Å². The Morgan fingerprint density at radius 3 is 2.74 bits per heavy atom. The zero-order valence-electron chi connectivity index (χ0n) is 10.3. The predicted octanol–water partition coefficient (Wildman–Crippen LogP) is 3.12. The highest BCUT2D eigenvalue weighted by atomic mass is 19.3. The molecule has 0 N–H and O–H groups in total. The van der Waals surface area contributed by atoms with Gasteiger partial charge in [0.25, 0.3) is 12.0 Å². The fourth-order valence-electron chi connectivity index (χ4n) is 1.76. The number of nitrogens with zero attached hydrogens (tertiary/aromatic N) is 1. The quantitative estimate of drug-likeness (QED) is 0.840. The summed E-state index contributed by atoms with van der Waals surface area (Å²) in [5, 5.41) is 0. The van der Waals surface area contributed by atoms with Crippen LogP contribution in [0.1, 0.15) is 18.4 Å². The van der Waals surface area contributed by atoms with E-state index in [2.05, 4.69) is 0 Å². The summed E-state index contributed by atoms with van der Waals surface area (Å²) in [6.45, 7) is 0. The molecule has 100 valence electrons. The summed E-state index contributed by atoms with van der Waals surface area (Å²) >= 11 is 0. The number of rotatable bonds is 3. The topological polar surface area (TPSA) is 31.2 Å². The average molecular weight is 265 g/mol. The molecule has 0 aliphatic heterocycles. The Kier molecular flexibility index (Phi) is 3.94. The molecule has 5 heteroatoms. The lowest BCUT2D eigenvalue weighted by molar-refractivity contribution is 0.150. The third-order valence-corrected chi connectivity index (χ3v) is 2.76. The Hall–Kier alpha value is -2.17. The molecule has 1 aromatic heterocycles. The van der Waals surface area contributed by atoms with Crippen molar-refractivity contribution in [3.8, 4) is 0 Å². The van der Waals surface area contributed by atoms with E-state index in [9.17, 15) is 13.6 Å². The number of halogens is 2. The number of methoxy groups -OCH3 is 1. The van der Waals surface area contributed by atoms with Gasteiger partial charge in [-0.3, -0.25) is 9.36 Å². The number of alkyl halides is 2. The summed E-state index contributed by atoms with van der Waals surface area (Å²) in [7, 11) is 1.55. The standard InChI is InChI=1S/C14H13F2NO2/c1-19-12-4-2-3-11(6-7-12)17-9-10(14(15)16)5-8-13(17)18/h3-9,14H,2H2,1H3. The summed E-state index contributed by atoms with van der Waals surface area (Å²) < 4.78 is 31.6. The van der Waals surface area contributed by atoms with Gasteiger partial charge in [-0.05, 0) is 30.7 Å². The molecule has 1 aliphatic carbocycles. The van der Waals surface area contributed by atoms with Gasteiger partial charge in [-0.1, -0.05) is 6.08 Å². The van der Waals surface area contributed by atoms with Gasteiger partial charge in [0, 0.05) is 23.5 Å². The first kappa shape index (κ1) is 13.3. The molecule has 19 heavy (non-hydrogen) atoms. The van der Waals surface area contributed by atoms with Crippen LogP contribution in [0.4, 0.5) is 8.78 Å². The second-order valence-corrected chi connectivity index (χ2v) is 3.98. The molecule has 0 saturated heterocycles. The van der Waals surface area contributed by atoms with Gasteiger partial charge in [0.1, 0.15) is 5.76 Å². The van der Waals surface area contributed by atoms with Crippen molar-refractivity contribution < 1.29 is 13.5 Å². The van der Waals surface area contributed by atoms with Crippen molar-refractivity contribution in [2.45, 2.75) is 12.8 Å². The van der Waals surface area contributed by atoms with Crippen molar-refractivity contribution in [3.05, 3.63) is 64.3 Å². The maximum Gasteiger partial charge on any atom is 0.265 e. The molecule has 0 atom stereocenters. The van der Waals surface area contributed by atoms with Crippen LogP contribution in [0.3, 0.4) is 0 Å². The van der Waals surface area contributed by atoms with E-state index in [-0.39, 0.29) is 11.1 Å². The lowest BCUT2D eigenvalue weighted by Crippen LogP contribution is -2.17. The first-order chi connectivity index (χ1) is 9.11. The van der Waals surface area contributed by atoms with Crippen LogP contribution in [0.5, 0.6) is 0 Å². The van der Waals surface area contributed by atoms with Crippen molar-refractivity contribution in [1.29, 1.82) is 0 Å². The molecule has 1 aromatic rings. The number of aromatic nitrogens is 1. The van der Waals surface area contributed by atoms with E-state index < -0.39 is 6.43 Å². The van der Waals surface area contributed by atoms with E-state index in [1.54, 1.807) is 25.3 Å². The maximum atomic E-state index is 12.7. The highest BCUT2D eigenvalue weighted by Crippen LogP contribution is 2.19. The number of allylic oxidation sites excluding steroid dienone is 5. The molecular weight excluding hydrogens is 252 g/mol. The molecule has 0 bridgehead atoms. The Morgan fingerprint density at radius 2 is 2.05 bits per heavy atom. The molecular formula is C14H13F2NO2. The van der Waals surface area contributed by atoms with E-state index in [4.69, 9.17) is 4.74 Å². The van der Waals surface area contributed by atoms with Crippen molar-refractivity contribution >= 4 is 5.70 Å². The summed E-state index contributed by atoms with van der Waals surface area (Å²) in [5.41, 5.74) is 0.0232. The van der Waals surface area contributed by atoms with Crippen LogP contribution in [-0.4, -0.2) is 11.7 Å². The van der Waals surface area contributed by atoms with Crippen LogP contribution in [0, 0.1) is 0 Å². The van der Waals surface area contributed by atoms with Crippen molar-refractivity contribution in [2.75, 3.05) is 7.11 Å². The van der Waals surface area contributed by atoms with Gasteiger partial charge in [0.05, 0.1) is 7.11 Å². The fraction of sp³-hybridized carbons (Fsp3) is 0.214. The van der Waals surface area contributed by atoms with Gasteiger partial charge in [-0.15, -0.1) is 0 Å². The predicted molar refractivity (Wildman–Crippen MR) is 68.8 cm³/mol. The third kappa shape index (κ3) is 2.99. The average Bonchev–Trinajstić information content (AvgIpc) is 2.64. The van der Waals surface area contributed by atoms with Gasteiger partial charge >= 0.3 is 0 Å². The maximum absolute atomic E-state index is 12.7. The molecule has 3 nitrogen and oxygen atoms in total. The van der Waals surface area contributed by atoms with Crippen molar-refractivity contribution in [1.82, 2.24) is 4.57 Å². The van der Waals surface area contributed by atoms with Crippen LogP contribution in [-0.2, 0) is 4.74 Å². The first-order valence-electron chi connectivity index (χ1n) is 5.75. The largest absolute Gasteiger partial charge is 0.497 e. The Labute approximate surface area is 109 Å². The minimum atomic E-state index is -2.60. The van der Waals surface area contributed by atoms with Crippen LogP contribution < -0.4 is 5.56 Å². The molecule has 0 saturated carbocycles. The Balaban J connectivity index is 2.40. The van der Waals surface area contributed by atoms with Crippen LogP contribution >= 0.6 is 0 Å². The summed E-state index contributed by atoms with van der Waals surface area (Å²) in [4.78, 5) is 11.8. The lowest BCUT2D eigenvalue weighted by atomic mass is 10.2. The van der Waals surface area contributed by atoms with E-state index in [1.807, 2.05) is 6.08 Å². The molecule has 0 amide bonds. The summed E-state index contributed by atoms with van der Waals surface area (Å²) in [5.74, 6) is 0.671. The van der Waals surface area contributed by atoms with E-state index >= 15 is 0 Å². The first-order valence-corrected chi connectivity index (χ1v) is 5.75. The Bertz CT molecular complexity index is 612. The third-order valence-electron chi connectivity index (χ3n) is 2.76. The zero-order valence-corrected chi connectivity index (χ0v) is 10.3. The minimum Gasteiger partial charge on any atom is -0.497 e. The van der Waals surface area contributed by atoms with Gasteiger partial charge < -0.3 is 4.74 Å². The number of hydrogen-bond acceptors (Lipinski definition) is 2. The van der Waals surface area contributed by atoms with Crippen molar-refractivity contribution in [3.63, 3.8) is 0 Å². The minimum absolute atomic E-state index is 0.182. The monoisotopic (exact) mass is 265 g/mol. The molecule has 2 rings (SSSR count). The number of hydrogen-bond donors (Lipinski definition) is 0. The van der Waals surface area contributed by atoms with Gasteiger partial charge in [-0.25, -0.2) is 8.78 Å². The van der Waals surface area contributed by atoms with Crippen LogP contribution in [0.2, 0.25) is 0 Å². The second-order valence-electron chi connectivity index (χ2n) is 3.98. The highest BCUT2D eigenvalue weighted by molar-refractivity contribution is 5.59. The Morgan fingerprint density at radius 1 is 1.26 bits per heavy atom. The second kappa shape index (κ2) is 5.65. The molecule has 1 heterocycles. The number of ether oxygens (including phenoxy) is 1.